The smallest absolute Gasteiger partial charge is 0.381 e. The number of hydrogen-bond acceptors (Lipinski definition) is 4. The highest BCUT2D eigenvalue weighted by Crippen LogP contribution is 2.28. The van der Waals surface area contributed by atoms with Crippen LogP contribution in [0.4, 0.5) is 13.2 Å². The van der Waals surface area contributed by atoms with Gasteiger partial charge in [-0.1, -0.05) is 34.6 Å². The number of amides is 1. The highest BCUT2D eigenvalue weighted by Gasteiger charge is 2.48. The molecule has 0 atom stereocenters. The monoisotopic (exact) mass is 359 g/mol. The maximum atomic E-state index is 12.0. The highest BCUT2D eigenvalue weighted by molar-refractivity contribution is 7.87. The summed E-state index contributed by atoms with van der Waals surface area (Å²) in [5.74, 6) is -0.434. The van der Waals surface area contributed by atoms with E-state index in [9.17, 15) is 26.4 Å². The lowest BCUT2D eigenvalue weighted by molar-refractivity contribution is -0.130. The molecule has 0 aliphatic carbocycles. The fraction of sp³-hybridized carbons (Fsp3) is 0.786. The van der Waals surface area contributed by atoms with E-state index in [1.54, 1.807) is 6.92 Å². The van der Waals surface area contributed by atoms with E-state index in [1.807, 2.05) is 0 Å². The minimum absolute atomic E-state index is 0.0510. The predicted molar refractivity (Wildman–Crippen MR) is 80.8 cm³/mol. The Labute approximate surface area is 135 Å². The SMILES string of the molecule is CC(C)(C)C.CCC(=O)N1CC=C(OS(=O)(=O)C(F)(F)F)CC1. The summed E-state index contributed by atoms with van der Waals surface area (Å²) in [4.78, 5) is 12.7. The van der Waals surface area contributed by atoms with E-state index in [0.29, 0.717) is 5.41 Å². The lowest BCUT2D eigenvalue weighted by Gasteiger charge is -2.25. The molecular weight excluding hydrogens is 335 g/mol. The first-order valence-corrected chi connectivity index (χ1v) is 8.55. The van der Waals surface area contributed by atoms with E-state index in [2.05, 4.69) is 31.9 Å². The zero-order chi connectivity index (χ0) is 18.5. The second-order valence-electron chi connectivity index (χ2n) is 6.60. The predicted octanol–water partition coefficient (Wildman–Crippen LogP) is 3.43. The molecule has 1 amide bonds. The number of hydrogen-bond donors (Lipinski definition) is 0. The van der Waals surface area contributed by atoms with Gasteiger partial charge in [-0.3, -0.25) is 4.79 Å². The molecule has 0 aromatic rings. The molecule has 0 N–H and O–H groups in total. The van der Waals surface area contributed by atoms with Crippen molar-refractivity contribution >= 4 is 16.0 Å². The Hall–Kier alpha value is -1.25. The number of halogens is 3. The van der Waals surface area contributed by atoms with Crippen LogP contribution in [0.15, 0.2) is 11.8 Å². The van der Waals surface area contributed by atoms with Gasteiger partial charge in [0, 0.05) is 25.9 Å². The zero-order valence-corrected chi connectivity index (χ0v) is 14.8. The Bertz CT molecular complexity index is 527. The van der Waals surface area contributed by atoms with Crippen molar-refractivity contribution in [1.29, 1.82) is 0 Å². The van der Waals surface area contributed by atoms with E-state index in [-0.39, 0.29) is 37.6 Å². The van der Waals surface area contributed by atoms with Gasteiger partial charge in [0.05, 0.1) is 0 Å². The molecule has 0 radical (unpaired) electrons. The third-order valence-electron chi connectivity index (χ3n) is 2.32. The van der Waals surface area contributed by atoms with Gasteiger partial charge in [0.2, 0.25) is 5.91 Å². The van der Waals surface area contributed by atoms with Crippen molar-refractivity contribution in [2.24, 2.45) is 5.41 Å². The maximum Gasteiger partial charge on any atom is 0.534 e. The van der Waals surface area contributed by atoms with Crippen LogP contribution in [-0.4, -0.2) is 37.8 Å². The van der Waals surface area contributed by atoms with Crippen molar-refractivity contribution in [3.05, 3.63) is 11.8 Å². The average molecular weight is 359 g/mol. The van der Waals surface area contributed by atoms with Gasteiger partial charge in [0.15, 0.2) is 0 Å². The minimum Gasteiger partial charge on any atom is -0.381 e. The molecule has 5 nitrogen and oxygen atoms in total. The Morgan fingerprint density at radius 1 is 1.26 bits per heavy atom. The van der Waals surface area contributed by atoms with Crippen LogP contribution in [0.3, 0.4) is 0 Å². The number of carbonyl (C=O) groups excluding carboxylic acids is 1. The topological polar surface area (TPSA) is 63.7 Å². The second-order valence-corrected chi connectivity index (χ2v) is 8.13. The van der Waals surface area contributed by atoms with E-state index < -0.39 is 15.6 Å². The van der Waals surface area contributed by atoms with E-state index >= 15 is 0 Å². The van der Waals surface area contributed by atoms with Gasteiger partial charge in [0.1, 0.15) is 5.76 Å². The van der Waals surface area contributed by atoms with Crippen LogP contribution in [0, 0.1) is 5.41 Å². The van der Waals surface area contributed by atoms with Gasteiger partial charge in [-0.15, -0.1) is 0 Å². The Morgan fingerprint density at radius 2 is 1.74 bits per heavy atom. The van der Waals surface area contributed by atoms with Gasteiger partial charge in [0.25, 0.3) is 0 Å². The van der Waals surface area contributed by atoms with Gasteiger partial charge >= 0.3 is 15.6 Å². The van der Waals surface area contributed by atoms with Gasteiger partial charge in [-0.25, -0.2) is 0 Å². The molecule has 1 rings (SSSR count). The molecule has 0 saturated heterocycles. The van der Waals surface area contributed by atoms with Crippen LogP contribution in [0.25, 0.3) is 0 Å². The third-order valence-corrected chi connectivity index (χ3v) is 3.32. The van der Waals surface area contributed by atoms with Crippen LogP contribution in [0.5, 0.6) is 0 Å². The summed E-state index contributed by atoms with van der Waals surface area (Å²) in [6.07, 6.45) is 1.40. The summed E-state index contributed by atoms with van der Waals surface area (Å²) in [5, 5.41) is 0. The summed E-state index contributed by atoms with van der Waals surface area (Å²) < 4.78 is 61.6. The minimum atomic E-state index is -5.61. The molecule has 0 saturated carbocycles. The van der Waals surface area contributed by atoms with E-state index in [1.165, 1.54) is 11.0 Å². The number of rotatable bonds is 3. The number of alkyl halides is 3. The first-order chi connectivity index (χ1) is 10.2. The summed E-state index contributed by atoms with van der Waals surface area (Å²) in [6.45, 7) is 10.6. The normalized spacial score (nSPS) is 16.2. The standard InChI is InChI=1S/C9H12F3NO4S.C5H12/c1-2-8(14)13-5-3-7(4-6-13)17-18(15,16)9(10,11)12;1-5(2,3)4/h3H,2,4-6H2,1H3;1-4H3. The van der Waals surface area contributed by atoms with Gasteiger partial charge < -0.3 is 9.08 Å². The molecule has 0 spiro atoms. The molecule has 9 heteroatoms. The van der Waals surface area contributed by atoms with Crippen molar-refractivity contribution < 1.29 is 30.6 Å². The molecule has 0 unspecified atom stereocenters. The largest absolute Gasteiger partial charge is 0.534 e. The zero-order valence-electron chi connectivity index (χ0n) is 14.0. The Kier molecular flexibility index (Phi) is 7.59. The van der Waals surface area contributed by atoms with Crippen molar-refractivity contribution in [1.82, 2.24) is 4.90 Å². The van der Waals surface area contributed by atoms with Crippen LogP contribution in [0.1, 0.15) is 47.5 Å². The number of nitrogens with zero attached hydrogens (tertiary/aromatic N) is 1. The molecule has 0 fully saturated rings. The fourth-order valence-electron chi connectivity index (χ4n) is 1.36. The number of carbonyl (C=O) groups is 1. The summed E-state index contributed by atoms with van der Waals surface area (Å²) in [5.41, 5.74) is -4.94. The van der Waals surface area contributed by atoms with Crippen LogP contribution in [-0.2, 0) is 19.1 Å². The van der Waals surface area contributed by atoms with Crippen LogP contribution >= 0.6 is 0 Å². The summed E-state index contributed by atoms with van der Waals surface area (Å²) in [6, 6.07) is 0. The second kappa shape index (κ2) is 8.03. The molecule has 1 aliphatic rings. The molecule has 1 aliphatic heterocycles. The molecule has 0 aromatic carbocycles. The van der Waals surface area contributed by atoms with Crippen molar-refractivity contribution in [3.63, 3.8) is 0 Å². The van der Waals surface area contributed by atoms with E-state index in [4.69, 9.17) is 0 Å². The molecule has 136 valence electrons. The lowest BCUT2D eigenvalue weighted by Crippen LogP contribution is -2.35. The average Bonchev–Trinajstić information content (AvgIpc) is 2.35. The van der Waals surface area contributed by atoms with Gasteiger partial charge in [-0.2, -0.15) is 21.6 Å². The van der Waals surface area contributed by atoms with Crippen LogP contribution < -0.4 is 0 Å². The first-order valence-electron chi connectivity index (χ1n) is 7.15. The Balaban J connectivity index is 0.000000841. The fourth-order valence-corrected chi connectivity index (χ4v) is 1.89. The van der Waals surface area contributed by atoms with Crippen molar-refractivity contribution in [2.75, 3.05) is 13.1 Å². The van der Waals surface area contributed by atoms with Crippen molar-refractivity contribution in [2.45, 2.75) is 53.0 Å². The lowest BCUT2D eigenvalue weighted by atomic mass is 10.0. The first kappa shape index (κ1) is 21.8. The molecule has 23 heavy (non-hydrogen) atoms. The molecule has 0 bridgehead atoms. The summed E-state index contributed by atoms with van der Waals surface area (Å²) in [7, 11) is -5.61. The molecule has 1 heterocycles. The highest BCUT2D eigenvalue weighted by atomic mass is 32.2. The van der Waals surface area contributed by atoms with Crippen molar-refractivity contribution in [3.8, 4) is 0 Å². The van der Waals surface area contributed by atoms with E-state index in [0.717, 1.165) is 0 Å². The van der Waals surface area contributed by atoms with Gasteiger partial charge in [-0.05, 0) is 11.5 Å². The molecular formula is C14H24F3NO4S. The van der Waals surface area contributed by atoms with Crippen LogP contribution in [0.2, 0.25) is 0 Å². The summed E-state index contributed by atoms with van der Waals surface area (Å²) >= 11 is 0. The maximum absolute atomic E-state index is 12.0. The Morgan fingerprint density at radius 3 is 2.04 bits per heavy atom. The third kappa shape index (κ3) is 8.83. The quantitative estimate of drug-likeness (QED) is 0.572. The molecule has 0 aromatic heterocycles.